The van der Waals surface area contributed by atoms with Crippen LogP contribution in [0.3, 0.4) is 0 Å². The van der Waals surface area contributed by atoms with Gasteiger partial charge in [-0.1, -0.05) is 91.0 Å². The van der Waals surface area contributed by atoms with Gasteiger partial charge in [-0.15, -0.1) is 0 Å². The highest BCUT2D eigenvalue weighted by Gasteiger charge is 2.20. The van der Waals surface area contributed by atoms with Gasteiger partial charge in [0.15, 0.2) is 5.82 Å². The molecule has 0 fully saturated rings. The number of nitrogens with zero attached hydrogens (tertiary/aromatic N) is 2. The molecule has 6 heteroatoms. The molecule has 0 saturated carbocycles. The van der Waals surface area contributed by atoms with Crippen LogP contribution in [0.25, 0.3) is 33.7 Å². The molecule has 0 aliphatic rings. The third-order valence-corrected chi connectivity index (χ3v) is 5.54. The lowest BCUT2D eigenvalue weighted by molar-refractivity contribution is -0.118. The molecule has 4 N–H and O–H groups in total. The van der Waals surface area contributed by atoms with Crippen LogP contribution < -0.4 is 11.1 Å². The van der Waals surface area contributed by atoms with E-state index >= 15 is 0 Å². The number of amides is 1. The van der Waals surface area contributed by atoms with E-state index in [1.54, 1.807) is 0 Å². The molecule has 0 spiro atoms. The molecule has 2 heterocycles. The van der Waals surface area contributed by atoms with Crippen LogP contribution in [0.4, 0.5) is 5.82 Å². The normalized spacial score (nSPS) is 11.9. The first-order valence-corrected chi connectivity index (χ1v) is 10.8. The van der Waals surface area contributed by atoms with Crippen molar-refractivity contribution in [3.63, 3.8) is 0 Å². The molecule has 0 bridgehead atoms. The molecule has 0 radical (unpaired) electrons. The molecule has 33 heavy (non-hydrogen) atoms. The van der Waals surface area contributed by atoms with Gasteiger partial charge in [0.05, 0.1) is 5.39 Å². The number of fused-ring (bicyclic) bond motifs is 1. The fourth-order valence-electron chi connectivity index (χ4n) is 3.85. The minimum Gasteiger partial charge on any atom is -0.368 e. The molecule has 6 nitrogen and oxygen atoms in total. The van der Waals surface area contributed by atoms with Crippen molar-refractivity contribution in [2.45, 2.75) is 12.5 Å². The highest BCUT2D eigenvalue weighted by atomic mass is 16.1. The number of aromatic amines is 1. The molecule has 0 aliphatic heterocycles. The third kappa shape index (κ3) is 4.45. The molecule has 1 unspecified atom stereocenters. The Morgan fingerprint density at radius 3 is 2.09 bits per heavy atom. The largest absolute Gasteiger partial charge is 0.368 e. The van der Waals surface area contributed by atoms with E-state index in [2.05, 4.69) is 10.3 Å². The van der Waals surface area contributed by atoms with Crippen LogP contribution in [0.1, 0.15) is 5.56 Å². The van der Waals surface area contributed by atoms with Crippen molar-refractivity contribution < 1.29 is 4.79 Å². The predicted molar refractivity (Wildman–Crippen MR) is 132 cm³/mol. The second kappa shape index (κ2) is 8.96. The lowest BCUT2D eigenvalue weighted by Gasteiger charge is -2.17. The number of nitrogens with two attached hydrogens (primary N) is 1. The van der Waals surface area contributed by atoms with E-state index in [4.69, 9.17) is 15.7 Å². The van der Waals surface area contributed by atoms with Crippen LogP contribution in [0.2, 0.25) is 0 Å². The number of aromatic nitrogens is 3. The van der Waals surface area contributed by atoms with Gasteiger partial charge in [0, 0.05) is 17.7 Å². The van der Waals surface area contributed by atoms with Crippen LogP contribution in [-0.2, 0) is 11.2 Å². The predicted octanol–water partition coefficient (Wildman–Crippen LogP) is 4.80. The Morgan fingerprint density at radius 1 is 0.848 bits per heavy atom. The third-order valence-electron chi connectivity index (χ3n) is 5.54. The van der Waals surface area contributed by atoms with Crippen molar-refractivity contribution in [2.75, 3.05) is 5.32 Å². The Labute approximate surface area is 191 Å². The summed E-state index contributed by atoms with van der Waals surface area (Å²) in [5.74, 6) is 0.692. The summed E-state index contributed by atoms with van der Waals surface area (Å²) in [6.45, 7) is 0. The van der Waals surface area contributed by atoms with Gasteiger partial charge < -0.3 is 16.0 Å². The number of carbonyl (C=O) groups excluding carboxylic acids is 1. The molecule has 162 valence electrons. The average molecular weight is 434 g/mol. The van der Waals surface area contributed by atoms with Crippen LogP contribution in [0.15, 0.2) is 97.1 Å². The number of rotatable bonds is 7. The molecule has 2 aromatic heterocycles. The van der Waals surface area contributed by atoms with Gasteiger partial charge in [0.2, 0.25) is 5.91 Å². The Hall–Kier alpha value is -4.45. The number of anilines is 1. The lowest BCUT2D eigenvalue weighted by atomic mass is 10.1. The minimum atomic E-state index is -0.621. The number of nitrogens with one attached hydrogen (secondary N) is 2. The standard InChI is InChI=1S/C27H23N5O/c28-24(33)23(16-18-10-4-1-5-11-18)30-27-21-17-22(19-12-6-2-7-13-19)29-26(21)31-25(32-27)20-14-8-3-9-15-20/h1-15,17,23H,16H2,(H2,28,33)(H2,29,30,31,32). The number of hydrogen-bond donors (Lipinski definition) is 3. The van der Waals surface area contributed by atoms with Gasteiger partial charge in [0.1, 0.15) is 17.5 Å². The SMILES string of the molecule is NC(=O)C(Cc1ccccc1)Nc1nc(-c2ccccc2)nc2[nH]c(-c3ccccc3)cc12. The maximum absolute atomic E-state index is 12.3. The first-order valence-electron chi connectivity index (χ1n) is 10.8. The molecule has 5 aromatic rings. The molecular formula is C27H23N5O. The quantitative estimate of drug-likeness (QED) is 0.343. The number of primary amides is 1. The lowest BCUT2D eigenvalue weighted by Crippen LogP contribution is -2.37. The smallest absolute Gasteiger partial charge is 0.240 e. The van der Waals surface area contributed by atoms with E-state index in [1.165, 1.54) is 0 Å². The van der Waals surface area contributed by atoms with E-state index in [9.17, 15) is 4.79 Å². The maximum Gasteiger partial charge on any atom is 0.240 e. The zero-order valence-corrected chi connectivity index (χ0v) is 17.9. The van der Waals surface area contributed by atoms with E-state index in [-0.39, 0.29) is 0 Å². The maximum atomic E-state index is 12.3. The average Bonchev–Trinajstić information content (AvgIpc) is 3.30. The van der Waals surface area contributed by atoms with Crippen molar-refractivity contribution in [3.8, 4) is 22.6 Å². The van der Waals surface area contributed by atoms with Crippen LogP contribution in [0.5, 0.6) is 0 Å². The summed E-state index contributed by atoms with van der Waals surface area (Å²) in [6.07, 6.45) is 0.457. The van der Waals surface area contributed by atoms with Crippen molar-refractivity contribution in [1.29, 1.82) is 0 Å². The Bertz CT molecular complexity index is 1380. The van der Waals surface area contributed by atoms with Gasteiger partial charge in [0.25, 0.3) is 0 Å². The Kier molecular flexibility index (Phi) is 5.55. The van der Waals surface area contributed by atoms with E-state index in [1.807, 2.05) is 97.1 Å². The van der Waals surface area contributed by atoms with Crippen molar-refractivity contribution in [1.82, 2.24) is 15.0 Å². The van der Waals surface area contributed by atoms with Crippen LogP contribution in [-0.4, -0.2) is 26.9 Å². The van der Waals surface area contributed by atoms with Crippen molar-refractivity contribution in [3.05, 3.63) is 103 Å². The second-order valence-electron chi connectivity index (χ2n) is 7.86. The summed E-state index contributed by atoms with van der Waals surface area (Å²) in [7, 11) is 0. The fraction of sp³-hybridized carbons (Fsp3) is 0.0741. The van der Waals surface area contributed by atoms with Crippen molar-refractivity contribution in [2.24, 2.45) is 5.73 Å². The van der Waals surface area contributed by atoms with Crippen molar-refractivity contribution >= 4 is 22.8 Å². The molecule has 3 aromatic carbocycles. The zero-order valence-electron chi connectivity index (χ0n) is 17.9. The van der Waals surface area contributed by atoms with Crippen LogP contribution in [0, 0.1) is 0 Å². The van der Waals surface area contributed by atoms with Gasteiger partial charge in [-0.05, 0) is 17.2 Å². The monoisotopic (exact) mass is 433 g/mol. The Morgan fingerprint density at radius 2 is 1.45 bits per heavy atom. The number of hydrogen-bond acceptors (Lipinski definition) is 4. The molecule has 1 atom stereocenters. The molecular weight excluding hydrogens is 410 g/mol. The summed E-state index contributed by atoms with van der Waals surface area (Å²) >= 11 is 0. The summed E-state index contributed by atoms with van der Waals surface area (Å²) in [4.78, 5) is 25.3. The first kappa shape index (κ1) is 20.5. The number of H-pyrrole nitrogens is 1. The Balaban J connectivity index is 1.60. The minimum absolute atomic E-state index is 0.439. The summed E-state index contributed by atoms with van der Waals surface area (Å²) < 4.78 is 0. The van der Waals surface area contributed by atoms with Crippen LogP contribution >= 0.6 is 0 Å². The first-order chi connectivity index (χ1) is 16.2. The van der Waals surface area contributed by atoms with E-state index in [0.29, 0.717) is 23.7 Å². The summed E-state index contributed by atoms with van der Waals surface area (Å²) in [6, 6.07) is 31.0. The fourth-order valence-corrected chi connectivity index (χ4v) is 3.85. The summed E-state index contributed by atoms with van der Waals surface area (Å²) in [5, 5.41) is 4.10. The topological polar surface area (TPSA) is 96.7 Å². The van der Waals surface area contributed by atoms with E-state index in [0.717, 1.165) is 27.8 Å². The van der Waals surface area contributed by atoms with Gasteiger partial charge in [-0.2, -0.15) is 0 Å². The second-order valence-corrected chi connectivity index (χ2v) is 7.86. The molecule has 1 amide bonds. The molecule has 5 rings (SSSR count). The highest BCUT2D eigenvalue weighted by molar-refractivity contribution is 5.95. The van der Waals surface area contributed by atoms with Gasteiger partial charge >= 0.3 is 0 Å². The number of carbonyl (C=O) groups is 1. The molecule has 0 aliphatic carbocycles. The highest BCUT2D eigenvalue weighted by Crippen LogP contribution is 2.30. The molecule has 0 saturated heterocycles. The zero-order chi connectivity index (χ0) is 22.6. The summed E-state index contributed by atoms with van der Waals surface area (Å²) in [5.41, 5.74) is 10.3. The van der Waals surface area contributed by atoms with Gasteiger partial charge in [-0.3, -0.25) is 4.79 Å². The van der Waals surface area contributed by atoms with E-state index < -0.39 is 11.9 Å². The number of benzene rings is 3. The van der Waals surface area contributed by atoms with Gasteiger partial charge in [-0.25, -0.2) is 9.97 Å².